The maximum Gasteiger partial charge on any atom is 0.191 e. The van der Waals surface area contributed by atoms with Crippen molar-refractivity contribution in [2.24, 2.45) is 4.99 Å². The van der Waals surface area contributed by atoms with Crippen molar-refractivity contribution in [3.05, 3.63) is 36.2 Å². The van der Waals surface area contributed by atoms with E-state index in [9.17, 15) is 0 Å². The van der Waals surface area contributed by atoms with E-state index in [1.807, 2.05) is 12.1 Å². The molecule has 1 aromatic carbocycles. The van der Waals surface area contributed by atoms with Crippen molar-refractivity contribution in [3.63, 3.8) is 0 Å². The van der Waals surface area contributed by atoms with E-state index in [0.29, 0.717) is 6.54 Å². The van der Waals surface area contributed by atoms with Crippen LogP contribution in [-0.4, -0.2) is 59.3 Å². The molecule has 0 saturated carbocycles. The number of rotatable bonds is 6. The molecule has 1 fully saturated rings. The van der Waals surface area contributed by atoms with E-state index in [2.05, 4.69) is 47.8 Å². The number of aromatic nitrogens is 3. The quantitative estimate of drug-likeness (QED) is 0.549. The SMILES string of the molecule is CN=C(NCCN1CCCCC1)NCc1cccc(-c2ncn[nH]2)c1. The highest BCUT2D eigenvalue weighted by atomic mass is 15.2. The Morgan fingerprint density at radius 3 is 2.88 bits per heavy atom. The van der Waals surface area contributed by atoms with Crippen molar-refractivity contribution >= 4 is 5.96 Å². The predicted molar refractivity (Wildman–Crippen MR) is 100 cm³/mol. The summed E-state index contributed by atoms with van der Waals surface area (Å²) < 4.78 is 0. The Balaban J connectivity index is 1.45. The Hall–Kier alpha value is -2.41. The van der Waals surface area contributed by atoms with Gasteiger partial charge in [-0.25, -0.2) is 4.98 Å². The number of aliphatic imine (C=N–C) groups is 1. The summed E-state index contributed by atoms with van der Waals surface area (Å²) in [6.45, 7) is 5.15. The number of likely N-dealkylation sites (tertiary alicyclic amines) is 1. The highest BCUT2D eigenvalue weighted by Crippen LogP contribution is 2.15. The summed E-state index contributed by atoms with van der Waals surface area (Å²) >= 11 is 0. The summed E-state index contributed by atoms with van der Waals surface area (Å²) in [4.78, 5) is 11.0. The molecule has 0 aliphatic carbocycles. The van der Waals surface area contributed by atoms with Gasteiger partial charge in [-0.05, 0) is 37.6 Å². The van der Waals surface area contributed by atoms with Crippen molar-refractivity contribution in [1.29, 1.82) is 0 Å². The molecular weight excluding hydrogens is 314 g/mol. The van der Waals surface area contributed by atoms with Gasteiger partial charge in [0.15, 0.2) is 11.8 Å². The topological polar surface area (TPSA) is 81.2 Å². The third-order valence-electron chi connectivity index (χ3n) is 4.47. The average molecular weight is 341 g/mol. The first-order valence-electron chi connectivity index (χ1n) is 8.97. The molecule has 0 spiro atoms. The minimum atomic E-state index is 0.714. The third kappa shape index (κ3) is 5.29. The second-order valence-corrected chi connectivity index (χ2v) is 6.29. The molecule has 7 heteroatoms. The smallest absolute Gasteiger partial charge is 0.191 e. The van der Waals surface area contributed by atoms with Gasteiger partial charge < -0.3 is 15.5 Å². The molecule has 0 bridgehead atoms. The van der Waals surface area contributed by atoms with Crippen molar-refractivity contribution < 1.29 is 0 Å². The molecule has 1 aromatic heterocycles. The predicted octanol–water partition coefficient (Wildman–Crippen LogP) is 1.62. The van der Waals surface area contributed by atoms with Gasteiger partial charge in [0.25, 0.3) is 0 Å². The van der Waals surface area contributed by atoms with E-state index in [0.717, 1.165) is 30.4 Å². The Kier molecular flexibility index (Phi) is 6.39. The van der Waals surface area contributed by atoms with Crippen molar-refractivity contribution in [3.8, 4) is 11.4 Å². The summed E-state index contributed by atoms with van der Waals surface area (Å²) in [7, 11) is 1.81. The maximum absolute atomic E-state index is 4.31. The molecule has 7 nitrogen and oxygen atoms in total. The van der Waals surface area contributed by atoms with Gasteiger partial charge in [0, 0.05) is 32.2 Å². The van der Waals surface area contributed by atoms with Gasteiger partial charge >= 0.3 is 0 Å². The number of H-pyrrole nitrogens is 1. The van der Waals surface area contributed by atoms with E-state index in [4.69, 9.17) is 0 Å². The molecule has 2 aromatic rings. The lowest BCUT2D eigenvalue weighted by Crippen LogP contribution is -2.42. The van der Waals surface area contributed by atoms with Gasteiger partial charge in [-0.15, -0.1) is 0 Å². The molecule has 2 heterocycles. The Labute approximate surface area is 149 Å². The van der Waals surface area contributed by atoms with Crippen LogP contribution in [0, 0.1) is 0 Å². The van der Waals surface area contributed by atoms with Gasteiger partial charge in [0.1, 0.15) is 6.33 Å². The van der Waals surface area contributed by atoms with Gasteiger partial charge in [-0.1, -0.05) is 24.6 Å². The van der Waals surface area contributed by atoms with Crippen LogP contribution in [0.25, 0.3) is 11.4 Å². The number of benzene rings is 1. The number of piperidine rings is 1. The minimum absolute atomic E-state index is 0.714. The largest absolute Gasteiger partial charge is 0.355 e. The molecule has 1 aliphatic rings. The molecule has 1 saturated heterocycles. The maximum atomic E-state index is 4.31. The van der Waals surface area contributed by atoms with Crippen LogP contribution in [0.5, 0.6) is 0 Å². The summed E-state index contributed by atoms with van der Waals surface area (Å²) in [5, 5.41) is 13.6. The summed E-state index contributed by atoms with van der Waals surface area (Å²) in [6.07, 6.45) is 5.55. The number of hydrogen-bond donors (Lipinski definition) is 3. The highest BCUT2D eigenvalue weighted by molar-refractivity contribution is 5.79. The molecule has 0 atom stereocenters. The summed E-state index contributed by atoms with van der Waals surface area (Å²) in [6, 6.07) is 8.25. The van der Waals surface area contributed by atoms with Crippen LogP contribution < -0.4 is 10.6 Å². The minimum Gasteiger partial charge on any atom is -0.355 e. The molecule has 3 N–H and O–H groups in total. The zero-order valence-electron chi connectivity index (χ0n) is 14.8. The second kappa shape index (κ2) is 9.17. The number of hydrogen-bond acceptors (Lipinski definition) is 4. The molecule has 25 heavy (non-hydrogen) atoms. The van der Waals surface area contributed by atoms with E-state index in [1.165, 1.54) is 44.2 Å². The zero-order valence-corrected chi connectivity index (χ0v) is 14.8. The fourth-order valence-electron chi connectivity index (χ4n) is 3.09. The molecule has 134 valence electrons. The number of nitrogens with zero attached hydrogens (tertiary/aromatic N) is 4. The normalized spacial score (nSPS) is 16.0. The van der Waals surface area contributed by atoms with E-state index < -0.39 is 0 Å². The number of nitrogens with one attached hydrogen (secondary N) is 3. The lowest BCUT2D eigenvalue weighted by Gasteiger charge is -2.26. The Morgan fingerprint density at radius 2 is 2.12 bits per heavy atom. The highest BCUT2D eigenvalue weighted by Gasteiger charge is 2.09. The van der Waals surface area contributed by atoms with Gasteiger partial charge in [-0.2, -0.15) is 5.10 Å². The first-order valence-corrected chi connectivity index (χ1v) is 8.97. The fourth-order valence-corrected chi connectivity index (χ4v) is 3.09. The fraction of sp³-hybridized carbons (Fsp3) is 0.500. The first-order chi connectivity index (χ1) is 12.3. The van der Waals surface area contributed by atoms with Crippen molar-refractivity contribution in [1.82, 2.24) is 30.7 Å². The third-order valence-corrected chi connectivity index (χ3v) is 4.47. The van der Waals surface area contributed by atoms with Crippen molar-refractivity contribution in [2.45, 2.75) is 25.8 Å². The number of guanidine groups is 1. The van der Waals surface area contributed by atoms with Gasteiger partial charge in [0.05, 0.1) is 0 Å². The van der Waals surface area contributed by atoms with Crippen LogP contribution in [0.15, 0.2) is 35.6 Å². The van der Waals surface area contributed by atoms with Gasteiger partial charge in [0.2, 0.25) is 0 Å². The van der Waals surface area contributed by atoms with Crippen LogP contribution in [0.4, 0.5) is 0 Å². The van der Waals surface area contributed by atoms with Crippen LogP contribution in [0.3, 0.4) is 0 Å². The number of aromatic amines is 1. The average Bonchev–Trinajstić information content (AvgIpc) is 3.20. The second-order valence-electron chi connectivity index (χ2n) is 6.29. The molecule has 0 radical (unpaired) electrons. The van der Waals surface area contributed by atoms with Crippen molar-refractivity contribution in [2.75, 3.05) is 33.2 Å². The van der Waals surface area contributed by atoms with Crippen LogP contribution in [0.1, 0.15) is 24.8 Å². The van der Waals surface area contributed by atoms with E-state index in [1.54, 1.807) is 7.05 Å². The molecule has 1 aliphatic heterocycles. The monoisotopic (exact) mass is 341 g/mol. The Morgan fingerprint density at radius 1 is 1.24 bits per heavy atom. The lowest BCUT2D eigenvalue weighted by atomic mass is 10.1. The Bertz CT molecular complexity index is 660. The molecule has 0 unspecified atom stereocenters. The molecule has 3 rings (SSSR count). The molecular formula is C18H27N7. The van der Waals surface area contributed by atoms with E-state index >= 15 is 0 Å². The zero-order chi connectivity index (χ0) is 17.3. The standard InChI is InChI=1S/C18H27N7/c1-19-18(20-8-11-25-9-3-2-4-10-25)21-13-15-6-5-7-16(12-15)17-22-14-23-24-17/h5-7,12,14H,2-4,8-11,13H2,1H3,(H2,19,20,21)(H,22,23,24). The molecule has 0 amide bonds. The lowest BCUT2D eigenvalue weighted by molar-refractivity contribution is 0.232. The van der Waals surface area contributed by atoms with E-state index in [-0.39, 0.29) is 0 Å². The summed E-state index contributed by atoms with van der Waals surface area (Å²) in [5.74, 6) is 1.62. The van der Waals surface area contributed by atoms with Gasteiger partial charge in [-0.3, -0.25) is 10.1 Å². The van der Waals surface area contributed by atoms with Crippen LogP contribution >= 0.6 is 0 Å². The van der Waals surface area contributed by atoms with Crippen LogP contribution in [-0.2, 0) is 6.54 Å². The summed E-state index contributed by atoms with van der Waals surface area (Å²) in [5.41, 5.74) is 2.21. The van der Waals surface area contributed by atoms with Crippen LogP contribution in [0.2, 0.25) is 0 Å². The first kappa shape index (κ1) is 17.4.